The summed E-state index contributed by atoms with van der Waals surface area (Å²) in [5.74, 6) is 1.09. The molecule has 0 fully saturated rings. The van der Waals surface area contributed by atoms with Crippen LogP contribution in [0.2, 0.25) is 0 Å². The second kappa shape index (κ2) is 11.7. The van der Waals surface area contributed by atoms with Gasteiger partial charge in [-0.25, -0.2) is 0 Å². The number of fused-ring (bicyclic) bond motifs is 11. The van der Waals surface area contributed by atoms with Crippen LogP contribution in [0, 0.1) is 0 Å². The van der Waals surface area contributed by atoms with Gasteiger partial charge in [-0.2, -0.15) is 33.2 Å². The van der Waals surface area contributed by atoms with Gasteiger partial charge in [0.2, 0.25) is 11.9 Å². The van der Waals surface area contributed by atoms with Crippen molar-refractivity contribution in [2.45, 2.75) is 19.3 Å². The molecular formula is C21H24F3N7O4. The predicted molar refractivity (Wildman–Crippen MR) is 118 cm³/mol. The van der Waals surface area contributed by atoms with E-state index in [0.29, 0.717) is 57.7 Å². The van der Waals surface area contributed by atoms with Gasteiger partial charge in [-0.1, -0.05) is 12.1 Å². The summed E-state index contributed by atoms with van der Waals surface area (Å²) in [6, 6.07) is 8.50. The topological polar surface area (TPSA) is 117 Å². The van der Waals surface area contributed by atoms with Gasteiger partial charge in [0.1, 0.15) is 12.4 Å². The third-order valence-corrected chi connectivity index (χ3v) is 4.57. The maximum Gasteiger partial charge on any atom is 0.422 e. The van der Waals surface area contributed by atoms with E-state index in [9.17, 15) is 13.2 Å². The molecule has 0 unspecified atom stereocenters. The van der Waals surface area contributed by atoms with Crippen LogP contribution in [0.3, 0.4) is 0 Å². The first kappa shape index (κ1) is 24.5. The van der Waals surface area contributed by atoms with Crippen molar-refractivity contribution in [1.29, 1.82) is 0 Å². The molecule has 0 spiro atoms. The maximum absolute atomic E-state index is 12.6. The van der Waals surface area contributed by atoms with Crippen LogP contribution >= 0.6 is 0 Å². The van der Waals surface area contributed by atoms with Crippen molar-refractivity contribution >= 4 is 17.7 Å². The van der Waals surface area contributed by atoms with E-state index in [-0.39, 0.29) is 11.9 Å². The highest BCUT2D eigenvalue weighted by Crippen LogP contribution is 2.20. The van der Waals surface area contributed by atoms with Crippen LogP contribution in [0.1, 0.15) is 5.56 Å². The van der Waals surface area contributed by atoms with Crippen molar-refractivity contribution in [3.8, 4) is 11.8 Å². The Balaban J connectivity index is 1.52. The standard InChI is InChI=1S/C21H24F3N7O4/c22-21(23,24)14-35-20-28-18-25-13-15-1-3-16(4-2-15)34-12-11-33-10-9-32-8-7-31-6-5-17(30-31)26-19(27-18)29-20/h1-6H,7-14H2,(H2,25,26,27,28,29,30). The molecule has 1 aromatic carbocycles. The first-order valence-corrected chi connectivity index (χ1v) is 10.8. The molecule has 3 aromatic rings. The van der Waals surface area contributed by atoms with Crippen molar-refractivity contribution in [3.63, 3.8) is 0 Å². The molecule has 2 N–H and O–H groups in total. The SMILES string of the molecule is FC(F)(F)COc1nc2nc(n1)Nc1ccn(n1)CCOCCOCCOc1ccc(cc1)CN2. The molecule has 2 aromatic heterocycles. The minimum Gasteiger partial charge on any atom is -0.491 e. The van der Waals surface area contributed by atoms with Gasteiger partial charge in [-0.3, -0.25) is 4.68 Å². The number of aromatic nitrogens is 5. The number of nitrogens with one attached hydrogen (secondary N) is 2. The van der Waals surface area contributed by atoms with Gasteiger partial charge in [-0.05, 0) is 17.7 Å². The number of alkyl halides is 3. The van der Waals surface area contributed by atoms with Crippen LogP contribution in [-0.2, 0) is 22.6 Å². The average molecular weight is 495 g/mol. The largest absolute Gasteiger partial charge is 0.491 e. The quantitative estimate of drug-likeness (QED) is 0.514. The highest BCUT2D eigenvalue weighted by molar-refractivity contribution is 5.49. The lowest BCUT2D eigenvalue weighted by Crippen LogP contribution is -2.21. The number of hydrogen-bond acceptors (Lipinski definition) is 10. The fourth-order valence-corrected chi connectivity index (χ4v) is 2.95. The Morgan fingerprint density at radius 2 is 1.66 bits per heavy atom. The first-order chi connectivity index (χ1) is 16.9. The van der Waals surface area contributed by atoms with Gasteiger partial charge in [0, 0.05) is 18.8 Å². The molecule has 14 heteroatoms. The van der Waals surface area contributed by atoms with E-state index in [1.54, 1.807) is 29.1 Å². The molecular weight excluding hydrogens is 471 g/mol. The monoisotopic (exact) mass is 495 g/mol. The average Bonchev–Trinajstić information content (AvgIpc) is 3.27. The molecule has 0 atom stereocenters. The summed E-state index contributed by atoms with van der Waals surface area (Å²) in [6.45, 7) is 1.39. The summed E-state index contributed by atoms with van der Waals surface area (Å²) in [7, 11) is 0. The fraction of sp³-hybridized carbons (Fsp3) is 0.429. The first-order valence-electron chi connectivity index (χ1n) is 10.8. The van der Waals surface area contributed by atoms with Crippen LogP contribution in [0.4, 0.5) is 30.9 Å². The smallest absolute Gasteiger partial charge is 0.422 e. The number of benzene rings is 1. The Kier molecular flexibility index (Phi) is 8.15. The summed E-state index contributed by atoms with van der Waals surface area (Å²) in [4.78, 5) is 12.1. The normalized spacial score (nSPS) is 15.6. The molecule has 0 aliphatic carbocycles. The minimum absolute atomic E-state index is 0.0239. The van der Waals surface area contributed by atoms with Crippen LogP contribution in [0.25, 0.3) is 0 Å². The van der Waals surface area contributed by atoms with E-state index in [4.69, 9.17) is 18.9 Å². The molecule has 188 valence electrons. The molecule has 11 nitrogen and oxygen atoms in total. The van der Waals surface area contributed by atoms with Crippen molar-refractivity contribution in [1.82, 2.24) is 24.7 Å². The second-order valence-corrected chi connectivity index (χ2v) is 7.33. The zero-order valence-corrected chi connectivity index (χ0v) is 18.6. The number of anilines is 3. The van der Waals surface area contributed by atoms with Gasteiger partial charge in [0.15, 0.2) is 12.4 Å². The minimum atomic E-state index is -4.54. The number of nitrogens with zero attached hydrogens (tertiary/aromatic N) is 5. The van der Waals surface area contributed by atoms with Crippen molar-refractivity contribution in [3.05, 3.63) is 42.1 Å². The number of rotatable bonds is 2. The van der Waals surface area contributed by atoms with E-state index in [2.05, 4.69) is 30.7 Å². The highest BCUT2D eigenvalue weighted by atomic mass is 19.4. The number of hydrogen-bond donors (Lipinski definition) is 2. The molecule has 35 heavy (non-hydrogen) atoms. The van der Waals surface area contributed by atoms with Crippen molar-refractivity contribution in [2.24, 2.45) is 0 Å². The van der Waals surface area contributed by atoms with E-state index in [1.165, 1.54) is 0 Å². The van der Waals surface area contributed by atoms with Gasteiger partial charge in [0.25, 0.3) is 0 Å². The van der Waals surface area contributed by atoms with Gasteiger partial charge >= 0.3 is 12.2 Å². The Morgan fingerprint density at radius 1 is 0.914 bits per heavy atom. The summed E-state index contributed by atoms with van der Waals surface area (Å²) in [6.07, 6.45) is -2.81. The molecule has 4 heterocycles. The summed E-state index contributed by atoms with van der Waals surface area (Å²) < 4.78 is 61.0. The Morgan fingerprint density at radius 3 is 2.46 bits per heavy atom. The lowest BCUT2D eigenvalue weighted by atomic mass is 10.2. The number of ether oxygens (including phenoxy) is 4. The number of halogens is 3. The van der Waals surface area contributed by atoms with E-state index in [0.717, 1.165) is 5.56 Å². The summed E-state index contributed by atoms with van der Waals surface area (Å²) in [5.41, 5.74) is 0.874. The Labute approximate surface area is 198 Å². The van der Waals surface area contributed by atoms with E-state index < -0.39 is 18.8 Å². The van der Waals surface area contributed by atoms with Crippen LogP contribution in [0.15, 0.2) is 36.5 Å². The lowest BCUT2D eigenvalue weighted by molar-refractivity contribution is -0.154. The van der Waals surface area contributed by atoms with Gasteiger partial charge in [0.05, 0.1) is 33.0 Å². The molecule has 0 radical (unpaired) electrons. The van der Waals surface area contributed by atoms with E-state index >= 15 is 0 Å². The van der Waals surface area contributed by atoms with Gasteiger partial charge in [-0.15, -0.1) is 0 Å². The Bertz CT molecular complexity index is 1080. The van der Waals surface area contributed by atoms with Crippen molar-refractivity contribution in [2.75, 3.05) is 50.3 Å². The summed E-state index contributed by atoms with van der Waals surface area (Å²) >= 11 is 0. The molecule has 2 aliphatic heterocycles. The molecule has 5 rings (SSSR count). The third kappa shape index (κ3) is 8.26. The second-order valence-electron chi connectivity index (χ2n) is 7.33. The zero-order valence-electron chi connectivity index (χ0n) is 18.6. The predicted octanol–water partition coefficient (Wildman–Crippen LogP) is 2.79. The lowest BCUT2D eigenvalue weighted by Gasteiger charge is -2.12. The highest BCUT2D eigenvalue weighted by Gasteiger charge is 2.29. The van der Waals surface area contributed by atoms with Crippen LogP contribution < -0.4 is 20.1 Å². The molecule has 0 amide bonds. The Hall–Kier alpha value is -3.65. The van der Waals surface area contributed by atoms with Crippen LogP contribution in [0.5, 0.6) is 11.8 Å². The molecule has 6 bridgehead atoms. The van der Waals surface area contributed by atoms with Crippen molar-refractivity contribution < 1.29 is 32.1 Å². The van der Waals surface area contributed by atoms with Crippen LogP contribution in [-0.4, -0.2) is 70.6 Å². The van der Waals surface area contributed by atoms with Gasteiger partial charge < -0.3 is 29.6 Å². The molecule has 0 saturated heterocycles. The zero-order chi connectivity index (χ0) is 24.5. The fourth-order valence-electron chi connectivity index (χ4n) is 2.95. The maximum atomic E-state index is 12.6. The molecule has 2 aliphatic rings. The van der Waals surface area contributed by atoms with E-state index in [1.807, 2.05) is 12.1 Å². The molecule has 0 saturated carbocycles. The third-order valence-electron chi connectivity index (χ3n) is 4.57. The summed E-state index contributed by atoms with van der Waals surface area (Å²) in [5, 5.41) is 10.2.